The van der Waals surface area contributed by atoms with Gasteiger partial charge in [-0.3, -0.25) is 0 Å². The van der Waals surface area contributed by atoms with Crippen molar-refractivity contribution in [2.45, 2.75) is 23.8 Å². The highest BCUT2D eigenvalue weighted by atomic mass is 79.9. The van der Waals surface area contributed by atoms with Gasteiger partial charge in [-0.1, -0.05) is 52.3 Å². The van der Waals surface area contributed by atoms with Gasteiger partial charge in [-0.2, -0.15) is 0 Å². The third-order valence-electron chi connectivity index (χ3n) is 3.84. The number of fused-ring (bicyclic) bond motifs is 1. The van der Waals surface area contributed by atoms with E-state index in [0.29, 0.717) is 12.0 Å². The lowest BCUT2D eigenvalue weighted by Crippen LogP contribution is -2.25. The molecule has 3 rings (SSSR count). The number of thioether (sulfide) groups is 1. The fraction of sp³-hybridized carbons (Fsp3) is 0.294. The van der Waals surface area contributed by atoms with Crippen LogP contribution in [0.25, 0.3) is 0 Å². The first-order valence-corrected chi connectivity index (χ1v) is 8.73. The monoisotopic (exact) mass is 347 g/mol. The predicted molar refractivity (Wildman–Crippen MR) is 90.5 cm³/mol. The van der Waals surface area contributed by atoms with Gasteiger partial charge in [0.25, 0.3) is 0 Å². The van der Waals surface area contributed by atoms with Crippen LogP contribution >= 0.6 is 27.7 Å². The Bertz CT molecular complexity index is 599. The van der Waals surface area contributed by atoms with Crippen LogP contribution in [0.4, 0.5) is 0 Å². The zero-order chi connectivity index (χ0) is 13.9. The van der Waals surface area contributed by atoms with E-state index in [1.807, 2.05) is 11.8 Å². The fourth-order valence-electron chi connectivity index (χ4n) is 2.65. The second-order valence-corrected chi connectivity index (χ2v) is 7.11. The Hall–Kier alpha value is -0.770. The van der Waals surface area contributed by atoms with Gasteiger partial charge in [-0.15, -0.1) is 11.8 Å². The van der Waals surface area contributed by atoms with Crippen LogP contribution in [0.1, 0.15) is 30.0 Å². The Balaban J connectivity index is 1.65. The van der Waals surface area contributed by atoms with E-state index in [0.717, 1.165) is 6.54 Å². The van der Waals surface area contributed by atoms with Gasteiger partial charge in [0.05, 0.1) is 0 Å². The smallest absolute Gasteiger partial charge is 0.0303 e. The Kier molecular flexibility index (Phi) is 4.49. The summed E-state index contributed by atoms with van der Waals surface area (Å²) in [5.41, 5.74) is 2.83. The van der Waals surface area contributed by atoms with Gasteiger partial charge in [-0.05, 0) is 30.2 Å². The van der Waals surface area contributed by atoms with E-state index in [-0.39, 0.29) is 0 Å². The van der Waals surface area contributed by atoms with Crippen LogP contribution in [-0.4, -0.2) is 12.3 Å². The van der Waals surface area contributed by atoms with Crippen molar-refractivity contribution in [1.29, 1.82) is 0 Å². The molecule has 3 heteroatoms. The third kappa shape index (κ3) is 2.95. The molecule has 1 aliphatic heterocycles. The Morgan fingerprint density at radius 2 is 1.95 bits per heavy atom. The Labute approximate surface area is 133 Å². The summed E-state index contributed by atoms with van der Waals surface area (Å²) >= 11 is 5.61. The van der Waals surface area contributed by atoms with Crippen molar-refractivity contribution in [3.8, 4) is 0 Å². The van der Waals surface area contributed by atoms with E-state index in [1.54, 1.807) is 0 Å². The van der Waals surface area contributed by atoms with E-state index in [4.69, 9.17) is 0 Å². The number of hydrogen-bond acceptors (Lipinski definition) is 2. The molecule has 1 heterocycles. The van der Waals surface area contributed by atoms with E-state index in [2.05, 4.69) is 76.7 Å². The minimum absolute atomic E-state index is 0.364. The first kappa shape index (κ1) is 14.2. The molecule has 0 bridgehead atoms. The summed E-state index contributed by atoms with van der Waals surface area (Å²) in [5, 5.41) is 3.68. The summed E-state index contributed by atoms with van der Waals surface area (Å²) in [5.74, 6) is 1.82. The number of benzene rings is 2. The lowest BCUT2D eigenvalue weighted by atomic mass is 10.0. The Morgan fingerprint density at radius 3 is 2.80 bits per heavy atom. The lowest BCUT2D eigenvalue weighted by Gasteiger charge is -2.19. The molecular weight excluding hydrogens is 330 g/mol. The highest BCUT2D eigenvalue weighted by molar-refractivity contribution is 9.10. The number of rotatable bonds is 4. The van der Waals surface area contributed by atoms with Gasteiger partial charge in [-0.25, -0.2) is 0 Å². The highest BCUT2D eigenvalue weighted by Crippen LogP contribution is 2.39. The molecule has 0 aliphatic carbocycles. The van der Waals surface area contributed by atoms with Crippen molar-refractivity contribution in [2.24, 2.45) is 0 Å². The summed E-state index contributed by atoms with van der Waals surface area (Å²) < 4.78 is 1.18. The normalized spacial score (nSPS) is 18.8. The minimum Gasteiger partial charge on any atom is -0.310 e. The first-order valence-electron chi connectivity index (χ1n) is 6.95. The molecule has 0 saturated heterocycles. The van der Waals surface area contributed by atoms with Gasteiger partial charge in [0.2, 0.25) is 0 Å². The van der Waals surface area contributed by atoms with Crippen molar-refractivity contribution in [1.82, 2.24) is 5.32 Å². The number of halogens is 1. The Morgan fingerprint density at radius 1 is 1.20 bits per heavy atom. The molecule has 2 atom stereocenters. The number of hydrogen-bond donors (Lipinski definition) is 1. The molecule has 2 aromatic carbocycles. The van der Waals surface area contributed by atoms with Gasteiger partial charge in [0, 0.05) is 33.6 Å². The van der Waals surface area contributed by atoms with Crippen LogP contribution in [0.3, 0.4) is 0 Å². The average Bonchev–Trinajstić information content (AvgIpc) is 2.88. The molecule has 0 aromatic heterocycles. The van der Waals surface area contributed by atoms with Crippen molar-refractivity contribution in [2.75, 3.05) is 12.3 Å². The zero-order valence-corrected chi connectivity index (χ0v) is 13.9. The quantitative estimate of drug-likeness (QED) is 0.835. The number of nitrogens with one attached hydrogen (secondary N) is 1. The van der Waals surface area contributed by atoms with E-state index in [1.165, 1.54) is 26.2 Å². The summed E-state index contributed by atoms with van der Waals surface area (Å²) in [4.78, 5) is 1.45. The second kappa shape index (κ2) is 6.33. The van der Waals surface area contributed by atoms with E-state index in [9.17, 15) is 0 Å². The van der Waals surface area contributed by atoms with Gasteiger partial charge >= 0.3 is 0 Å². The molecule has 0 fully saturated rings. The van der Waals surface area contributed by atoms with Crippen LogP contribution < -0.4 is 5.32 Å². The van der Waals surface area contributed by atoms with Crippen LogP contribution in [0.2, 0.25) is 0 Å². The van der Waals surface area contributed by atoms with Crippen molar-refractivity contribution in [3.63, 3.8) is 0 Å². The van der Waals surface area contributed by atoms with E-state index >= 15 is 0 Å². The molecule has 1 unspecified atom stereocenters. The second-order valence-electron chi connectivity index (χ2n) is 5.20. The standard InChI is InChI=1S/C17H18BrNS/c1-12(14-6-2-4-8-16(14)18)19-10-13-11-20-17-9-5-3-7-15(13)17/h2-9,12-13,19H,10-11H2,1H3/t12-,13?/m0/s1. The van der Waals surface area contributed by atoms with Gasteiger partial charge in [0.15, 0.2) is 0 Å². The van der Waals surface area contributed by atoms with Crippen molar-refractivity contribution in [3.05, 3.63) is 64.1 Å². The van der Waals surface area contributed by atoms with Gasteiger partial charge < -0.3 is 5.32 Å². The van der Waals surface area contributed by atoms with E-state index < -0.39 is 0 Å². The zero-order valence-electron chi connectivity index (χ0n) is 11.5. The molecule has 0 saturated carbocycles. The topological polar surface area (TPSA) is 12.0 Å². The molecule has 2 aromatic rings. The van der Waals surface area contributed by atoms with Crippen molar-refractivity contribution < 1.29 is 0 Å². The summed E-state index contributed by atoms with van der Waals surface area (Å²) in [6.07, 6.45) is 0. The summed E-state index contributed by atoms with van der Waals surface area (Å²) in [6, 6.07) is 17.6. The van der Waals surface area contributed by atoms with Crippen LogP contribution in [-0.2, 0) is 0 Å². The SMILES string of the molecule is C[C@H](NCC1CSc2ccccc21)c1ccccc1Br. The molecule has 20 heavy (non-hydrogen) atoms. The first-order chi connectivity index (χ1) is 9.75. The van der Waals surface area contributed by atoms with Gasteiger partial charge in [0.1, 0.15) is 0 Å². The van der Waals surface area contributed by atoms with Crippen LogP contribution in [0, 0.1) is 0 Å². The van der Waals surface area contributed by atoms with Crippen LogP contribution in [0.5, 0.6) is 0 Å². The lowest BCUT2D eigenvalue weighted by molar-refractivity contribution is 0.539. The molecule has 0 radical (unpaired) electrons. The predicted octanol–water partition coefficient (Wildman–Crippen LogP) is 4.99. The highest BCUT2D eigenvalue weighted by Gasteiger charge is 2.23. The molecule has 1 aliphatic rings. The maximum Gasteiger partial charge on any atom is 0.0303 e. The largest absolute Gasteiger partial charge is 0.310 e. The minimum atomic E-state index is 0.364. The molecule has 1 nitrogen and oxygen atoms in total. The average molecular weight is 348 g/mol. The maximum atomic E-state index is 3.68. The summed E-state index contributed by atoms with van der Waals surface area (Å²) in [7, 11) is 0. The summed E-state index contributed by atoms with van der Waals surface area (Å²) in [6.45, 7) is 3.26. The molecule has 0 spiro atoms. The maximum absolute atomic E-state index is 3.68. The molecule has 104 valence electrons. The fourth-order valence-corrected chi connectivity index (χ4v) is 4.54. The third-order valence-corrected chi connectivity index (χ3v) is 5.82. The molecule has 1 N–H and O–H groups in total. The van der Waals surface area contributed by atoms with Crippen LogP contribution in [0.15, 0.2) is 57.9 Å². The van der Waals surface area contributed by atoms with Crippen molar-refractivity contribution >= 4 is 27.7 Å². The molecular formula is C17H18BrNS. The molecule has 0 amide bonds.